The zero-order valence-electron chi connectivity index (χ0n) is 18.9. The van der Waals surface area contributed by atoms with E-state index in [2.05, 4.69) is 44.4 Å². The predicted octanol–water partition coefficient (Wildman–Crippen LogP) is 4.36. The fourth-order valence-electron chi connectivity index (χ4n) is 3.97. The Hall–Kier alpha value is -4.07. The van der Waals surface area contributed by atoms with Gasteiger partial charge in [0.2, 0.25) is 0 Å². The molecule has 0 unspecified atom stereocenters. The fourth-order valence-corrected chi connectivity index (χ4v) is 3.97. The topological polar surface area (TPSA) is 102 Å². The summed E-state index contributed by atoms with van der Waals surface area (Å²) in [5.74, 6) is 1.05. The van der Waals surface area contributed by atoms with Crippen molar-refractivity contribution in [1.82, 2.24) is 19.9 Å². The molecule has 0 bridgehead atoms. The minimum Gasteiger partial charge on any atom is -0.490 e. The number of nitrogens with zero attached hydrogens (tertiary/aromatic N) is 4. The van der Waals surface area contributed by atoms with Crippen LogP contribution < -0.4 is 15.4 Å². The molecular formula is C25H24N6O2. The third-order valence-electron chi connectivity index (χ3n) is 5.85. The Morgan fingerprint density at radius 1 is 1.06 bits per heavy atom. The molecule has 0 atom stereocenters. The first kappa shape index (κ1) is 20.8. The lowest BCUT2D eigenvalue weighted by Gasteiger charge is -2.14. The smallest absolute Gasteiger partial charge is 0.259 e. The predicted molar refractivity (Wildman–Crippen MR) is 128 cm³/mol. The second kappa shape index (κ2) is 7.81. The summed E-state index contributed by atoms with van der Waals surface area (Å²) < 4.78 is 5.82. The molecule has 1 aliphatic rings. The van der Waals surface area contributed by atoms with Crippen LogP contribution in [0.4, 0.5) is 11.5 Å². The first-order valence-electron chi connectivity index (χ1n) is 10.7. The molecule has 4 aromatic heterocycles. The average molecular weight is 441 g/mol. The van der Waals surface area contributed by atoms with Gasteiger partial charge in [-0.1, -0.05) is 13.8 Å². The van der Waals surface area contributed by atoms with E-state index in [9.17, 15) is 4.79 Å². The Labute approximate surface area is 191 Å². The number of anilines is 2. The molecule has 166 valence electrons. The summed E-state index contributed by atoms with van der Waals surface area (Å²) >= 11 is 0. The third-order valence-corrected chi connectivity index (χ3v) is 5.85. The average Bonchev–Trinajstić information content (AvgIpc) is 3.14. The monoisotopic (exact) mass is 440 g/mol. The molecule has 5 heterocycles. The van der Waals surface area contributed by atoms with Crippen molar-refractivity contribution in [3.05, 3.63) is 66.0 Å². The summed E-state index contributed by atoms with van der Waals surface area (Å²) in [6.07, 6.45) is 6.90. The van der Waals surface area contributed by atoms with Crippen molar-refractivity contribution in [3.63, 3.8) is 0 Å². The van der Waals surface area contributed by atoms with Gasteiger partial charge in [-0.3, -0.25) is 19.7 Å². The molecule has 0 spiro atoms. The molecule has 0 saturated heterocycles. The number of carbonyl (C=O) groups excluding carboxylic acids is 1. The summed E-state index contributed by atoms with van der Waals surface area (Å²) in [5.41, 5.74) is 5.10. The minimum atomic E-state index is -0.261. The number of ether oxygens (including phenoxy) is 1. The van der Waals surface area contributed by atoms with Gasteiger partial charge in [0.25, 0.3) is 5.91 Å². The molecule has 0 aromatic carbocycles. The van der Waals surface area contributed by atoms with Crippen molar-refractivity contribution in [2.24, 2.45) is 0 Å². The van der Waals surface area contributed by atoms with Crippen molar-refractivity contribution < 1.29 is 9.53 Å². The molecule has 1 amide bonds. The molecular weight excluding hydrogens is 416 g/mol. The molecule has 0 fully saturated rings. The van der Waals surface area contributed by atoms with Gasteiger partial charge in [-0.2, -0.15) is 0 Å². The Morgan fingerprint density at radius 2 is 1.91 bits per heavy atom. The van der Waals surface area contributed by atoms with Gasteiger partial charge in [0.1, 0.15) is 5.82 Å². The van der Waals surface area contributed by atoms with E-state index in [0.717, 1.165) is 39.2 Å². The SMILES string of the molecule is CNc1cc2ncc(-c3cc(NC(=O)c4ccnc5c4OCC5(C)C)cnc3C)cc2cn1. The van der Waals surface area contributed by atoms with E-state index < -0.39 is 0 Å². The maximum atomic E-state index is 13.1. The second-order valence-corrected chi connectivity index (χ2v) is 8.76. The molecule has 8 heteroatoms. The summed E-state index contributed by atoms with van der Waals surface area (Å²) in [5, 5.41) is 6.90. The Balaban J connectivity index is 1.46. The van der Waals surface area contributed by atoms with E-state index >= 15 is 0 Å². The standard InChI is InChI=1S/C25H24N6O2/c1-14-19(15-7-16-11-30-21(26-4)9-20(16)29-10-15)8-17(12-28-14)31-24(32)18-5-6-27-23-22(18)33-13-25(23,2)3/h5-12H,13H2,1-4H3,(H,26,30)(H,31,32). The van der Waals surface area contributed by atoms with Crippen LogP contribution in [-0.2, 0) is 5.41 Å². The number of hydrogen-bond acceptors (Lipinski definition) is 7. The number of hydrogen-bond donors (Lipinski definition) is 2. The van der Waals surface area contributed by atoms with Crippen molar-refractivity contribution >= 4 is 28.3 Å². The molecule has 5 rings (SSSR count). The van der Waals surface area contributed by atoms with Crippen molar-refractivity contribution in [3.8, 4) is 16.9 Å². The molecule has 33 heavy (non-hydrogen) atoms. The van der Waals surface area contributed by atoms with Gasteiger partial charge >= 0.3 is 0 Å². The second-order valence-electron chi connectivity index (χ2n) is 8.76. The Bertz CT molecular complexity index is 1400. The van der Waals surface area contributed by atoms with Gasteiger partial charge in [-0.25, -0.2) is 4.98 Å². The van der Waals surface area contributed by atoms with Gasteiger partial charge in [0.05, 0.1) is 35.3 Å². The number of carbonyl (C=O) groups is 1. The third kappa shape index (κ3) is 3.73. The highest BCUT2D eigenvalue weighted by atomic mass is 16.5. The number of aryl methyl sites for hydroxylation is 1. The van der Waals surface area contributed by atoms with E-state index in [0.29, 0.717) is 23.6 Å². The van der Waals surface area contributed by atoms with Crippen LogP contribution in [0.3, 0.4) is 0 Å². The van der Waals surface area contributed by atoms with E-state index in [4.69, 9.17) is 4.74 Å². The summed E-state index contributed by atoms with van der Waals surface area (Å²) in [6, 6.07) is 7.51. The molecule has 0 aliphatic carbocycles. The lowest BCUT2D eigenvalue weighted by molar-refractivity contribution is 0.102. The molecule has 0 radical (unpaired) electrons. The van der Waals surface area contributed by atoms with Crippen LogP contribution in [-0.4, -0.2) is 39.5 Å². The van der Waals surface area contributed by atoms with Crippen LogP contribution in [0, 0.1) is 6.92 Å². The number of aromatic nitrogens is 4. The van der Waals surface area contributed by atoms with Crippen molar-refractivity contribution in [1.29, 1.82) is 0 Å². The number of amides is 1. The van der Waals surface area contributed by atoms with Gasteiger partial charge < -0.3 is 15.4 Å². The summed E-state index contributed by atoms with van der Waals surface area (Å²) in [4.78, 5) is 31.0. The van der Waals surface area contributed by atoms with Gasteiger partial charge in [-0.15, -0.1) is 0 Å². The first-order chi connectivity index (χ1) is 15.9. The molecule has 8 nitrogen and oxygen atoms in total. The van der Waals surface area contributed by atoms with E-state index in [1.54, 1.807) is 24.7 Å². The quantitative estimate of drug-likeness (QED) is 0.486. The van der Waals surface area contributed by atoms with Gasteiger partial charge in [-0.05, 0) is 25.1 Å². The van der Waals surface area contributed by atoms with Crippen molar-refractivity contribution in [2.75, 3.05) is 24.3 Å². The molecule has 2 N–H and O–H groups in total. The van der Waals surface area contributed by atoms with Gasteiger partial charge in [0.15, 0.2) is 5.75 Å². The van der Waals surface area contributed by atoms with Crippen LogP contribution in [0.25, 0.3) is 22.0 Å². The zero-order chi connectivity index (χ0) is 23.2. The largest absolute Gasteiger partial charge is 0.490 e. The van der Waals surface area contributed by atoms with Crippen LogP contribution in [0.5, 0.6) is 5.75 Å². The fraction of sp³-hybridized carbons (Fsp3) is 0.240. The molecule has 0 saturated carbocycles. The van der Waals surface area contributed by atoms with E-state index in [1.807, 2.05) is 38.4 Å². The number of rotatable bonds is 4. The maximum absolute atomic E-state index is 13.1. The first-order valence-corrected chi connectivity index (χ1v) is 10.7. The van der Waals surface area contributed by atoms with Crippen LogP contribution in [0.1, 0.15) is 35.6 Å². The number of fused-ring (bicyclic) bond motifs is 2. The molecule has 1 aliphatic heterocycles. The normalized spacial score (nSPS) is 13.9. The van der Waals surface area contributed by atoms with E-state index in [1.165, 1.54) is 0 Å². The number of nitrogens with one attached hydrogen (secondary N) is 2. The highest BCUT2D eigenvalue weighted by molar-refractivity contribution is 6.06. The Kier molecular flexibility index (Phi) is 4.92. The van der Waals surface area contributed by atoms with Crippen LogP contribution in [0.2, 0.25) is 0 Å². The van der Waals surface area contributed by atoms with Crippen molar-refractivity contribution in [2.45, 2.75) is 26.2 Å². The maximum Gasteiger partial charge on any atom is 0.259 e. The van der Waals surface area contributed by atoms with E-state index in [-0.39, 0.29) is 11.3 Å². The molecule has 4 aromatic rings. The summed E-state index contributed by atoms with van der Waals surface area (Å²) in [7, 11) is 1.82. The number of pyridine rings is 4. The lowest BCUT2D eigenvalue weighted by atomic mass is 9.91. The Morgan fingerprint density at radius 3 is 2.73 bits per heavy atom. The van der Waals surface area contributed by atoms with Crippen LogP contribution in [0.15, 0.2) is 49.1 Å². The minimum absolute atomic E-state index is 0.226. The van der Waals surface area contributed by atoms with Crippen LogP contribution >= 0.6 is 0 Å². The highest BCUT2D eigenvalue weighted by Gasteiger charge is 2.36. The summed E-state index contributed by atoms with van der Waals surface area (Å²) in [6.45, 7) is 6.53. The zero-order valence-corrected chi connectivity index (χ0v) is 18.9. The lowest BCUT2D eigenvalue weighted by Crippen LogP contribution is -2.19. The highest BCUT2D eigenvalue weighted by Crippen LogP contribution is 2.39. The van der Waals surface area contributed by atoms with Gasteiger partial charge in [0, 0.05) is 59.3 Å².